The maximum Gasteiger partial charge on any atom is 0.492 e. The summed E-state index contributed by atoms with van der Waals surface area (Å²) in [5.41, 5.74) is 0.759. The molecule has 4 N–H and O–H groups in total. The van der Waals surface area contributed by atoms with E-state index in [1.54, 1.807) is 29.8 Å². The number of hydrogen-bond acceptors (Lipinski definition) is 14. The molecule has 1 amide bonds. The summed E-state index contributed by atoms with van der Waals surface area (Å²) < 4.78 is 100. The number of alkyl halides is 3. The number of carbonyl (C=O) groups is 1. The molecule has 0 saturated carbocycles. The Morgan fingerprint density at radius 2 is 1.82 bits per heavy atom. The second-order valence-electron chi connectivity index (χ2n) is 9.48. The summed E-state index contributed by atoms with van der Waals surface area (Å²) in [6.07, 6.45) is -5.02. The smallest absolute Gasteiger partial charge is 0.390 e. The van der Waals surface area contributed by atoms with E-state index in [-0.39, 0.29) is 23.4 Å². The molecule has 2 aliphatic rings. The van der Waals surface area contributed by atoms with Crippen LogP contribution in [0.15, 0.2) is 30.9 Å². The molecule has 0 aliphatic carbocycles. The molecule has 246 valence electrons. The van der Waals surface area contributed by atoms with Crippen LogP contribution in [0.4, 0.5) is 24.8 Å². The Morgan fingerprint density at radius 3 is 2.42 bits per heavy atom. The molecule has 45 heavy (non-hydrogen) atoms. The standard InChI is InChI=1S/C20H23F3N7O12P3/c1-3-28(2)11-4-6-29(7-5-11)16-15-17(26-19(25-16)27-18(32)20(21,22)23)30(10-24-15)14-8-12(31)13(39-14)9-38-45(37)41-43(33,34)40-44(35,36)42-45/h4-7,10,12-14,31H,3,8-9H2,1-2H3,(H2-,25,26,27,32,33,34,35,36)/p+1/t12-,13-,14-/m1/s1. The lowest BCUT2D eigenvalue weighted by Crippen LogP contribution is -2.34. The highest BCUT2D eigenvalue weighted by Gasteiger charge is 2.55. The van der Waals surface area contributed by atoms with Gasteiger partial charge in [-0.05, 0) is 6.92 Å². The Kier molecular flexibility index (Phi) is 8.97. The Morgan fingerprint density at radius 1 is 1.18 bits per heavy atom. The number of carbonyl (C=O) groups excluding carboxylic acids is 1. The minimum atomic E-state index is -5.31. The summed E-state index contributed by atoms with van der Waals surface area (Å²) in [7, 11) is -13.9. The number of aliphatic hydroxyl groups is 1. The number of nitrogens with one attached hydrogen (secondary N) is 1. The molecule has 0 radical (unpaired) electrons. The summed E-state index contributed by atoms with van der Waals surface area (Å²) in [6, 6.07) is 3.43. The van der Waals surface area contributed by atoms with Crippen LogP contribution in [0.3, 0.4) is 0 Å². The summed E-state index contributed by atoms with van der Waals surface area (Å²) in [5.74, 6) is -3.08. The first kappa shape index (κ1) is 33.5. The Balaban J connectivity index is 1.44. The number of imidazole rings is 1. The molecule has 19 nitrogen and oxygen atoms in total. The molecule has 5 rings (SSSR count). The SMILES string of the molecule is CCN(C)c1cc[n+](-c2nc(NC(=O)C(F)(F)F)nc3c2ncn3[C@H]2C[C@@H](O)[C@@H](COP3(=O)OP(=O)(O)OP(=O)(O)O3)O2)cc1. The molecule has 0 bridgehead atoms. The van der Waals surface area contributed by atoms with Crippen LogP contribution in [0.25, 0.3) is 17.0 Å². The number of aliphatic hydroxyl groups excluding tert-OH is 1. The third-order valence-corrected chi connectivity index (χ3v) is 11.7. The number of halogens is 3. The fraction of sp³-hybridized carbons (Fsp3) is 0.450. The molecule has 3 aromatic heterocycles. The topological polar surface area (TPSA) is 238 Å². The molecular weight excluding hydrogens is 680 g/mol. The van der Waals surface area contributed by atoms with Crippen LogP contribution >= 0.6 is 23.5 Å². The average molecular weight is 704 g/mol. The largest absolute Gasteiger partial charge is 0.492 e. The van der Waals surface area contributed by atoms with Crippen LogP contribution in [0.2, 0.25) is 0 Å². The minimum Gasteiger partial charge on any atom is -0.390 e. The molecule has 2 unspecified atom stereocenters. The van der Waals surface area contributed by atoms with E-state index in [4.69, 9.17) is 9.26 Å². The van der Waals surface area contributed by atoms with Crippen molar-refractivity contribution >= 4 is 52.2 Å². The lowest BCUT2D eigenvalue weighted by molar-refractivity contribution is -0.598. The summed E-state index contributed by atoms with van der Waals surface area (Å²) in [6.45, 7) is 1.77. The third-order valence-electron chi connectivity index (χ3n) is 6.38. The number of fused-ring (bicyclic) bond motifs is 1. The summed E-state index contributed by atoms with van der Waals surface area (Å²) >= 11 is 0. The van der Waals surface area contributed by atoms with Crippen molar-refractivity contribution in [3.05, 3.63) is 30.9 Å². The second kappa shape index (κ2) is 12.1. The lowest BCUT2D eigenvalue weighted by atomic mass is 10.2. The van der Waals surface area contributed by atoms with Crippen molar-refractivity contribution in [1.29, 1.82) is 0 Å². The molecular formula is C20H24F3N7O12P3+. The van der Waals surface area contributed by atoms with Crippen molar-refractivity contribution in [1.82, 2.24) is 19.5 Å². The van der Waals surface area contributed by atoms with Gasteiger partial charge < -0.3 is 24.5 Å². The summed E-state index contributed by atoms with van der Waals surface area (Å²) in [5, 5.41) is 12.2. The van der Waals surface area contributed by atoms with Crippen molar-refractivity contribution in [3.8, 4) is 5.82 Å². The Bertz CT molecular complexity index is 1730. The molecule has 2 fully saturated rings. The number of pyridine rings is 1. The van der Waals surface area contributed by atoms with Gasteiger partial charge in [0.25, 0.3) is 0 Å². The van der Waals surface area contributed by atoms with Crippen LogP contribution in [-0.4, -0.2) is 78.9 Å². The minimum absolute atomic E-state index is 0.0193. The first-order valence-corrected chi connectivity index (χ1v) is 17.1. The number of ether oxygens (including phenoxy) is 1. The van der Waals surface area contributed by atoms with Crippen molar-refractivity contribution < 1.29 is 73.3 Å². The van der Waals surface area contributed by atoms with E-state index in [2.05, 4.69) is 27.9 Å². The van der Waals surface area contributed by atoms with Gasteiger partial charge in [-0.3, -0.25) is 19.2 Å². The highest BCUT2D eigenvalue weighted by atomic mass is 31.3. The number of amides is 1. The van der Waals surface area contributed by atoms with E-state index in [1.807, 2.05) is 18.9 Å². The van der Waals surface area contributed by atoms with E-state index >= 15 is 0 Å². The molecule has 2 aliphatic heterocycles. The molecule has 25 heteroatoms. The molecule has 2 saturated heterocycles. The van der Waals surface area contributed by atoms with Gasteiger partial charge >= 0.3 is 47.3 Å². The highest BCUT2D eigenvalue weighted by Crippen LogP contribution is 2.80. The number of anilines is 2. The number of phosphoric acid groups is 3. The predicted octanol–water partition coefficient (Wildman–Crippen LogP) is 2.10. The van der Waals surface area contributed by atoms with Crippen LogP contribution in [-0.2, 0) is 40.7 Å². The molecule has 5 atom stereocenters. The van der Waals surface area contributed by atoms with Crippen molar-refractivity contribution in [3.63, 3.8) is 0 Å². The monoisotopic (exact) mass is 704 g/mol. The van der Waals surface area contributed by atoms with Gasteiger partial charge in [0.05, 0.1) is 31.4 Å². The zero-order valence-corrected chi connectivity index (χ0v) is 25.6. The fourth-order valence-electron chi connectivity index (χ4n) is 4.19. The first-order chi connectivity index (χ1) is 20.9. The highest BCUT2D eigenvalue weighted by molar-refractivity contribution is 7.74. The van der Waals surface area contributed by atoms with Gasteiger partial charge in [-0.1, -0.05) is 0 Å². The zero-order valence-electron chi connectivity index (χ0n) is 22.9. The zero-order chi connectivity index (χ0) is 32.9. The normalized spacial score (nSPS) is 30.4. The van der Waals surface area contributed by atoms with Gasteiger partial charge in [0, 0.05) is 42.8 Å². The third kappa shape index (κ3) is 7.42. The number of rotatable bonds is 8. The maximum absolute atomic E-state index is 13.0. The van der Waals surface area contributed by atoms with Gasteiger partial charge in [-0.15, -0.1) is 0 Å². The Labute approximate surface area is 250 Å². The van der Waals surface area contributed by atoms with Crippen molar-refractivity contribution in [2.24, 2.45) is 0 Å². The first-order valence-electron chi connectivity index (χ1n) is 12.6. The van der Waals surface area contributed by atoms with E-state index in [9.17, 15) is 46.6 Å². The Hall–Kier alpha value is -2.87. The van der Waals surface area contributed by atoms with Crippen LogP contribution in [0.5, 0.6) is 0 Å². The molecule has 0 aromatic carbocycles. The van der Waals surface area contributed by atoms with Gasteiger partial charge in [0.2, 0.25) is 5.52 Å². The molecule has 0 spiro atoms. The van der Waals surface area contributed by atoms with Gasteiger partial charge in [-0.25, -0.2) is 23.2 Å². The summed E-state index contributed by atoms with van der Waals surface area (Å²) in [4.78, 5) is 44.7. The quantitative estimate of drug-likeness (QED) is 0.194. The van der Waals surface area contributed by atoms with Gasteiger partial charge in [-0.2, -0.15) is 31.1 Å². The van der Waals surface area contributed by atoms with E-state index in [0.717, 1.165) is 5.69 Å². The van der Waals surface area contributed by atoms with Crippen LogP contribution in [0.1, 0.15) is 19.6 Å². The number of aromatic nitrogens is 5. The number of hydrogen-bond donors (Lipinski definition) is 4. The van der Waals surface area contributed by atoms with Gasteiger partial charge in [0.15, 0.2) is 5.65 Å². The number of nitrogens with zero attached hydrogens (tertiary/aromatic N) is 6. The van der Waals surface area contributed by atoms with E-state index in [0.29, 0.717) is 6.54 Å². The van der Waals surface area contributed by atoms with Gasteiger partial charge in [0.1, 0.15) is 12.3 Å². The van der Waals surface area contributed by atoms with Crippen molar-refractivity contribution in [2.75, 3.05) is 30.4 Å². The predicted molar refractivity (Wildman–Crippen MR) is 141 cm³/mol. The van der Waals surface area contributed by atoms with Crippen molar-refractivity contribution in [2.45, 2.75) is 38.0 Å². The van der Waals surface area contributed by atoms with Crippen LogP contribution in [0, 0.1) is 0 Å². The maximum atomic E-state index is 13.0. The molecule has 5 heterocycles. The average Bonchev–Trinajstić information content (AvgIpc) is 3.51. The fourth-order valence-corrected chi connectivity index (χ4v) is 9.13. The molecule has 3 aromatic rings. The lowest BCUT2D eigenvalue weighted by Gasteiger charge is -2.27. The van der Waals surface area contributed by atoms with E-state index < -0.39 is 66.5 Å². The van der Waals surface area contributed by atoms with Crippen LogP contribution < -0.4 is 14.8 Å². The van der Waals surface area contributed by atoms with E-state index in [1.165, 1.54) is 15.5 Å². The second-order valence-corrected chi connectivity index (χ2v) is 14.5.